The van der Waals surface area contributed by atoms with Crippen molar-refractivity contribution in [3.63, 3.8) is 0 Å². The summed E-state index contributed by atoms with van der Waals surface area (Å²) in [5, 5.41) is 0. The van der Waals surface area contributed by atoms with Crippen molar-refractivity contribution in [3.8, 4) is 0 Å². The van der Waals surface area contributed by atoms with Crippen LogP contribution in [0.1, 0.15) is 0 Å². The van der Waals surface area contributed by atoms with E-state index in [9.17, 15) is 18.9 Å². The van der Waals surface area contributed by atoms with E-state index in [0.717, 1.165) is 0 Å². The molecule has 0 fully saturated rings. The molecular formula is C4H12MgO4P2. The summed E-state index contributed by atoms with van der Waals surface area (Å²) in [7, 11) is -5.78. The van der Waals surface area contributed by atoms with Crippen LogP contribution in [0.5, 0.6) is 0 Å². The Morgan fingerprint density at radius 1 is 0.818 bits per heavy atom. The molecule has 0 heterocycles. The van der Waals surface area contributed by atoms with Gasteiger partial charge in [-0.2, -0.15) is 0 Å². The van der Waals surface area contributed by atoms with E-state index in [0.29, 0.717) is 0 Å². The minimum atomic E-state index is -2.89. The van der Waals surface area contributed by atoms with E-state index in [1.807, 2.05) is 0 Å². The SMILES string of the molecule is CP(C)(=O)[O-].CP(C)(=O)[O-].[Mg+2]. The van der Waals surface area contributed by atoms with Gasteiger partial charge in [-0.15, -0.1) is 0 Å². The van der Waals surface area contributed by atoms with E-state index >= 15 is 0 Å². The van der Waals surface area contributed by atoms with Gasteiger partial charge in [-0.25, -0.2) is 0 Å². The molecule has 0 bridgehead atoms. The predicted molar refractivity (Wildman–Crippen MR) is 44.7 cm³/mol. The Labute approximate surface area is 83.5 Å². The summed E-state index contributed by atoms with van der Waals surface area (Å²) in [6.07, 6.45) is 0. The van der Waals surface area contributed by atoms with E-state index < -0.39 is 14.7 Å². The summed E-state index contributed by atoms with van der Waals surface area (Å²) in [5.41, 5.74) is 0. The fourth-order valence-electron chi connectivity index (χ4n) is 0. The van der Waals surface area contributed by atoms with Crippen molar-refractivity contribution in [1.29, 1.82) is 0 Å². The summed E-state index contributed by atoms with van der Waals surface area (Å²) < 4.78 is 19.3. The molecule has 0 aromatic heterocycles. The average Bonchev–Trinajstić information content (AvgIpc) is 1.12. The second kappa shape index (κ2) is 6.64. The molecule has 0 amide bonds. The second-order valence-electron chi connectivity index (χ2n) is 2.50. The minimum Gasteiger partial charge on any atom is -0.800 e. The monoisotopic (exact) mass is 210 g/mol. The van der Waals surface area contributed by atoms with Crippen LogP contribution in [0.2, 0.25) is 0 Å². The smallest absolute Gasteiger partial charge is 0.800 e. The molecule has 4 nitrogen and oxygen atoms in total. The molecule has 0 radical (unpaired) electrons. The summed E-state index contributed by atoms with van der Waals surface area (Å²) in [5.74, 6) is 0. The van der Waals surface area contributed by atoms with Crippen molar-refractivity contribution in [2.24, 2.45) is 0 Å². The molecule has 0 aromatic carbocycles. The fourth-order valence-corrected chi connectivity index (χ4v) is 0. The van der Waals surface area contributed by atoms with Crippen LogP contribution in [-0.4, -0.2) is 49.7 Å². The Balaban J connectivity index is -0.000000107. The second-order valence-corrected chi connectivity index (χ2v) is 7.51. The largest absolute Gasteiger partial charge is 2.00 e. The first-order valence-electron chi connectivity index (χ1n) is 2.52. The van der Waals surface area contributed by atoms with Crippen LogP contribution in [0.4, 0.5) is 0 Å². The maximum atomic E-state index is 9.66. The minimum absolute atomic E-state index is 0. The Kier molecular flexibility index (Phi) is 10.9. The van der Waals surface area contributed by atoms with Gasteiger partial charge in [0.15, 0.2) is 0 Å². The third-order valence-corrected chi connectivity index (χ3v) is 0. The van der Waals surface area contributed by atoms with Gasteiger partial charge >= 0.3 is 23.1 Å². The molecule has 64 valence electrons. The van der Waals surface area contributed by atoms with E-state index in [-0.39, 0.29) is 23.1 Å². The van der Waals surface area contributed by atoms with Crippen LogP contribution in [0, 0.1) is 0 Å². The molecule has 0 unspecified atom stereocenters. The molecule has 7 heteroatoms. The van der Waals surface area contributed by atoms with Crippen molar-refractivity contribution >= 4 is 37.8 Å². The Hall–Kier alpha value is 1.15. The molecular weight excluding hydrogens is 198 g/mol. The predicted octanol–water partition coefficient (Wildman–Crippen LogP) is -0.612. The number of hydrogen-bond acceptors (Lipinski definition) is 4. The Morgan fingerprint density at radius 3 is 0.818 bits per heavy atom. The van der Waals surface area contributed by atoms with E-state index in [1.54, 1.807) is 0 Å². The number of hydrogen-bond donors (Lipinski definition) is 0. The Bertz CT molecular complexity index is 132. The third-order valence-electron chi connectivity index (χ3n) is 0. The molecule has 0 spiro atoms. The van der Waals surface area contributed by atoms with Crippen molar-refractivity contribution in [2.45, 2.75) is 0 Å². The summed E-state index contributed by atoms with van der Waals surface area (Å²) in [4.78, 5) is 19.3. The van der Waals surface area contributed by atoms with Gasteiger partial charge in [0.25, 0.3) is 0 Å². The van der Waals surface area contributed by atoms with Crippen LogP contribution in [-0.2, 0) is 9.13 Å². The molecule has 0 saturated carbocycles. The third kappa shape index (κ3) is 710. The topological polar surface area (TPSA) is 80.3 Å². The zero-order chi connectivity index (χ0) is 9.00. The van der Waals surface area contributed by atoms with Gasteiger partial charge in [-0.1, -0.05) is 0 Å². The van der Waals surface area contributed by atoms with Gasteiger partial charge in [0.1, 0.15) is 0 Å². The zero-order valence-corrected chi connectivity index (χ0v) is 10.4. The van der Waals surface area contributed by atoms with Gasteiger partial charge in [-0.05, 0) is 26.7 Å². The average molecular weight is 210 g/mol. The van der Waals surface area contributed by atoms with Crippen molar-refractivity contribution < 1.29 is 18.9 Å². The van der Waals surface area contributed by atoms with Gasteiger partial charge in [-0.3, -0.25) is 0 Å². The van der Waals surface area contributed by atoms with Crippen LogP contribution < -0.4 is 9.79 Å². The van der Waals surface area contributed by atoms with Gasteiger partial charge < -0.3 is 18.9 Å². The first-order chi connectivity index (χ1) is 4.00. The molecule has 0 rings (SSSR count). The van der Waals surface area contributed by atoms with Crippen molar-refractivity contribution in [3.05, 3.63) is 0 Å². The van der Waals surface area contributed by atoms with Crippen molar-refractivity contribution in [2.75, 3.05) is 26.7 Å². The van der Waals surface area contributed by atoms with Gasteiger partial charge in [0.2, 0.25) is 0 Å². The maximum Gasteiger partial charge on any atom is 2.00 e. The van der Waals surface area contributed by atoms with Crippen LogP contribution in [0.15, 0.2) is 0 Å². The maximum absolute atomic E-state index is 9.66. The van der Waals surface area contributed by atoms with Crippen LogP contribution >= 0.6 is 14.7 Å². The van der Waals surface area contributed by atoms with Crippen LogP contribution in [0.25, 0.3) is 0 Å². The molecule has 0 aromatic rings. The quantitative estimate of drug-likeness (QED) is 0.394. The van der Waals surface area contributed by atoms with Crippen LogP contribution in [0.3, 0.4) is 0 Å². The van der Waals surface area contributed by atoms with Crippen molar-refractivity contribution in [1.82, 2.24) is 0 Å². The summed E-state index contributed by atoms with van der Waals surface area (Å²) in [6, 6.07) is 0. The summed E-state index contributed by atoms with van der Waals surface area (Å²) in [6.45, 7) is 4.75. The zero-order valence-electron chi connectivity index (χ0n) is 7.23. The molecule has 0 N–H and O–H groups in total. The Morgan fingerprint density at radius 2 is 0.818 bits per heavy atom. The molecule has 0 atom stereocenters. The summed E-state index contributed by atoms with van der Waals surface area (Å²) >= 11 is 0. The van der Waals surface area contributed by atoms with Gasteiger partial charge in [0, 0.05) is 14.7 Å². The molecule has 0 aliphatic carbocycles. The number of rotatable bonds is 0. The first-order valence-corrected chi connectivity index (χ1v) is 7.56. The first kappa shape index (κ1) is 18.0. The van der Waals surface area contributed by atoms with E-state index in [2.05, 4.69) is 0 Å². The normalized spacial score (nSPS) is 10.7. The molecule has 0 saturated heterocycles. The fraction of sp³-hybridized carbons (Fsp3) is 1.00. The molecule has 11 heavy (non-hydrogen) atoms. The molecule has 0 aliphatic rings. The van der Waals surface area contributed by atoms with Gasteiger partial charge in [0.05, 0.1) is 0 Å². The van der Waals surface area contributed by atoms with E-state index in [4.69, 9.17) is 0 Å². The molecule has 0 aliphatic heterocycles. The van der Waals surface area contributed by atoms with E-state index in [1.165, 1.54) is 26.7 Å². The standard InChI is InChI=1S/2C2H7O2P.Mg/c2*1-5(2,3)4;/h2*1-2H3,(H,3,4);/q;;+2/p-2.